The van der Waals surface area contributed by atoms with Crippen molar-refractivity contribution in [3.05, 3.63) is 17.0 Å². The predicted octanol–water partition coefficient (Wildman–Crippen LogP) is 1.21. The van der Waals surface area contributed by atoms with E-state index in [-0.39, 0.29) is 0 Å². The normalized spacial score (nSPS) is 17.4. The van der Waals surface area contributed by atoms with Crippen molar-refractivity contribution >= 4 is 10.0 Å². The minimum Gasteiger partial charge on any atom is -0.282 e. The highest BCUT2D eigenvalue weighted by molar-refractivity contribution is 7.90. The number of primary sulfonamides is 1. The van der Waals surface area contributed by atoms with E-state index in [1.807, 2.05) is 6.92 Å². The van der Waals surface area contributed by atoms with Gasteiger partial charge >= 0.3 is 0 Å². The minimum atomic E-state index is -3.56. The number of hydrogen-bond donors (Lipinski definition) is 2. The molecule has 3 N–H and O–H groups in total. The van der Waals surface area contributed by atoms with Crippen LogP contribution in [0.1, 0.15) is 49.6 Å². The summed E-state index contributed by atoms with van der Waals surface area (Å²) in [6.07, 6.45) is 2.73. The second kappa shape index (κ2) is 3.81. The molecule has 0 atom stereocenters. The van der Waals surface area contributed by atoms with Crippen molar-refractivity contribution in [3.63, 3.8) is 0 Å². The maximum absolute atomic E-state index is 11.5. The molecule has 6 heteroatoms. The first kappa shape index (κ1) is 12.6. The Morgan fingerprint density at radius 2 is 2.06 bits per heavy atom. The Morgan fingerprint density at radius 3 is 2.53 bits per heavy atom. The lowest BCUT2D eigenvalue weighted by molar-refractivity contribution is 0.542. The topological polar surface area (TPSA) is 88.8 Å². The van der Waals surface area contributed by atoms with Gasteiger partial charge in [0, 0.05) is 12.1 Å². The number of aryl methyl sites for hydroxylation is 1. The van der Waals surface area contributed by atoms with E-state index in [0.717, 1.165) is 11.4 Å². The molecule has 1 fully saturated rings. The van der Waals surface area contributed by atoms with Gasteiger partial charge < -0.3 is 0 Å². The summed E-state index contributed by atoms with van der Waals surface area (Å²) in [5, 5.41) is 12.4. The molecule has 1 aromatic heterocycles. The van der Waals surface area contributed by atoms with Crippen molar-refractivity contribution in [2.24, 2.45) is 5.14 Å². The second-order valence-electron chi connectivity index (χ2n) is 5.46. The first-order valence-electron chi connectivity index (χ1n) is 5.78. The van der Waals surface area contributed by atoms with Crippen LogP contribution in [-0.2, 0) is 16.4 Å². The first-order chi connectivity index (χ1) is 7.72. The lowest BCUT2D eigenvalue weighted by Gasteiger charge is -2.21. The molecule has 0 amide bonds. The van der Waals surface area contributed by atoms with Gasteiger partial charge in [-0.3, -0.25) is 5.10 Å². The highest BCUT2D eigenvalue weighted by atomic mass is 32.2. The molecule has 0 unspecified atom stereocenters. The van der Waals surface area contributed by atoms with Gasteiger partial charge in [-0.15, -0.1) is 0 Å². The number of nitrogens with zero attached hydrogens (tertiary/aromatic N) is 1. The van der Waals surface area contributed by atoms with Gasteiger partial charge in [0.2, 0.25) is 10.0 Å². The highest BCUT2D eigenvalue weighted by Crippen LogP contribution is 2.43. The number of rotatable bonds is 4. The van der Waals surface area contributed by atoms with E-state index in [1.54, 1.807) is 13.8 Å². The standard InChI is InChI=1S/C11H19N3O2S/c1-7-10(8-4-5-8)9(14-13-7)6-11(2,3)17(12,15)16/h8H,4-6H2,1-3H3,(H,13,14)(H2,12,15,16). The van der Waals surface area contributed by atoms with Crippen molar-refractivity contribution in [2.45, 2.75) is 50.7 Å². The molecule has 96 valence electrons. The van der Waals surface area contributed by atoms with Crippen molar-refractivity contribution in [1.29, 1.82) is 0 Å². The molecule has 0 aliphatic heterocycles. The minimum absolute atomic E-state index is 0.387. The van der Waals surface area contributed by atoms with Crippen molar-refractivity contribution in [3.8, 4) is 0 Å². The van der Waals surface area contributed by atoms with Crippen molar-refractivity contribution < 1.29 is 8.42 Å². The summed E-state index contributed by atoms with van der Waals surface area (Å²) >= 11 is 0. The van der Waals surface area contributed by atoms with Gasteiger partial charge in [0.25, 0.3) is 0 Å². The van der Waals surface area contributed by atoms with Crippen LogP contribution in [0.15, 0.2) is 0 Å². The Labute approximate surface area is 102 Å². The third-order valence-corrected chi connectivity index (χ3v) is 5.12. The smallest absolute Gasteiger partial charge is 0.214 e. The van der Waals surface area contributed by atoms with Crippen LogP contribution < -0.4 is 5.14 Å². The van der Waals surface area contributed by atoms with E-state index in [2.05, 4.69) is 10.2 Å². The van der Waals surface area contributed by atoms with E-state index in [1.165, 1.54) is 18.4 Å². The molecular weight excluding hydrogens is 238 g/mol. The lowest BCUT2D eigenvalue weighted by atomic mass is 10.0. The van der Waals surface area contributed by atoms with Gasteiger partial charge in [-0.05, 0) is 45.1 Å². The first-order valence-corrected chi connectivity index (χ1v) is 7.33. The molecule has 0 saturated heterocycles. The molecule has 0 radical (unpaired) electrons. The molecule has 0 bridgehead atoms. The molecule has 1 saturated carbocycles. The number of sulfonamides is 1. The Kier molecular flexibility index (Phi) is 2.82. The molecule has 0 aromatic carbocycles. The monoisotopic (exact) mass is 257 g/mol. The van der Waals surface area contributed by atoms with Gasteiger partial charge in [0.15, 0.2) is 0 Å². The van der Waals surface area contributed by atoms with Crippen LogP contribution in [0.3, 0.4) is 0 Å². The zero-order valence-electron chi connectivity index (χ0n) is 10.4. The molecule has 1 aliphatic carbocycles. The molecule has 1 aliphatic rings. The quantitative estimate of drug-likeness (QED) is 0.849. The van der Waals surface area contributed by atoms with Crippen LogP contribution in [0.4, 0.5) is 0 Å². The van der Waals surface area contributed by atoms with Crippen LogP contribution in [-0.4, -0.2) is 23.4 Å². The van der Waals surface area contributed by atoms with Crippen LogP contribution in [0.25, 0.3) is 0 Å². The van der Waals surface area contributed by atoms with Crippen LogP contribution >= 0.6 is 0 Å². The average Bonchev–Trinajstić information content (AvgIpc) is 2.91. The Balaban J connectivity index is 2.31. The zero-order valence-corrected chi connectivity index (χ0v) is 11.3. The van der Waals surface area contributed by atoms with E-state index in [0.29, 0.717) is 12.3 Å². The van der Waals surface area contributed by atoms with E-state index >= 15 is 0 Å². The predicted molar refractivity (Wildman–Crippen MR) is 66.2 cm³/mol. The molecular formula is C11H19N3O2S. The highest BCUT2D eigenvalue weighted by Gasteiger charge is 2.36. The van der Waals surface area contributed by atoms with Crippen molar-refractivity contribution in [2.75, 3.05) is 0 Å². The summed E-state index contributed by atoms with van der Waals surface area (Å²) < 4.78 is 22.0. The number of nitrogens with two attached hydrogens (primary N) is 1. The molecule has 1 heterocycles. The maximum atomic E-state index is 11.5. The average molecular weight is 257 g/mol. The fourth-order valence-corrected chi connectivity index (χ4v) is 2.41. The summed E-state index contributed by atoms with van der Waals surface area (Å²) in [7, 11) is -3.56. The molecule has 1 aromatic rings. The summed E-state index contributed by atoms with van der Waals surface area (Å²) in [4.78, 5) is 0. The number of aromatic nitrogens is 2. The van der Waals surface area contributed by atoms with E-state index in [9.17, 15) is 8.42 Å². The van der Waals surface area contributed by atoms with E-state index in [4.69, 9.17) is 5.14 Å². The van der Waals surface area contributed by atoms with Gasteiger partial charge in [-0.1, -0.05) is 0 Å². The number of hydrogen-bond acceptors (Lipinski definition) is 3. The van der Waals surface area contributed by atoms with Crippen LogP contribution in [0.2, 0.25) is 0 Å². The Bertz CT molecular complexity index is 527. The molecule has 0 spiro atoms. The number of nitrogens with one attached hydrogen (secondary N) is 1. The van der Waals surface area contributed by atoms with Gasteiger partial charge in [-0.2, -0.15) is 5.10 Å². The van der Waals surface area contributed by atoms with Gasteiger partial charge in [-0.25, -0.2) is 13.6 Å². The summed E-state index contributed by atoms with van der Waals surface area (Å²) in [6.45, 7) is 5.25. The van der Waals surface area contributed by atoms with Gasteiger partial charge in [0.05, 0.1) is 10.4 Å². The second-order valence-corrected chi connectivity index (χ2v) is 7.65. The summed E-state index contributed by atoms with van der Waals surface area (Å²) in [5.41, 5.74) is 3.10. The summed E-state index contributed by atoms with van der Waals surface area (Å²) in [6, 6.07) is 0. The largest absolute Gasteiger partial charge is 0.282 e. The lowest BCUT2D eigenvalue weighted by Crippen LogP contribution is -2.40. The third-order valence-electron chi connectivity index (χ3n) is 3.43. The van der Waals surface area contributed by atoms with Crippen molar-refractivity contribution in [1.82, 2.24) is 10.2 Å². The Morgan fingerprint density at radius 1 is 1.47 bits per heavy atom. The molecule has 17 heavy (non-hydrogen) atoms. The number of aromatic amines is 1. The van der Waals surface area contributed by atoms with Crippen LogP contribution in [0.5, 0.6) is 0 Å². The zero-order chi connectivity index (χ0) is 12.8. The third kappa shape index (κ3) is 2.37. The molecule has 5 nitrogen and oxygen atoms in total. The van der Waals surface area contributed by atoms with E-state index < -0.39 is 14.8 Å². The fraction of sp³-hybridized carbons (Fsp3) is 0.727. The van der Waals surface area contributed by atoms with Crippen LogP contribution in [0, 0.1) is 6.92 Å². The number of H-pyrrole nitrogens is 1. The maximum Gasteiger partial charge on any atom is 0.214 e. The Hall–Kier alpha value is -0.880. The molecule has 2 rings (SSSR count). The van der Waals surface area contributed by atoms with Gasteiger partial charge in [0.1, 0.15) is 0 Å². The SMILES string of the molecule is Cc1n[nH]c(CC(C)(C)S(N)(=O)=O)c1C1CC1. The summed E-state index contributed by atoms with van der Waals surface area (Å²) in [5.74, 6) is 0.556. The fourth-order valence-electron chi connectivity index (χ4n) is 2.07.